The molecule has 12 rings (SSSR count). The highest BCUT2D eigenvalue weighted by molar-refractivity contribution is 7.25. The SMILES string of the molecule is c1ccc(-c2nc(-c3ccccc3)nc(-c3cccc4c3oc3c(-c5ccc6c(c5)sc5ccc(-n7c8ccccc8c8ccccc87)cc56)cccc34)n2)cc1. The Balaban J connectivity index is 0.993. The Labute approximate surface area is 330 Å². The molecule has 12 aromatic rings. The van der Waals surface area contributed by atoms with Gasteiger partial charge in [0.05, 0.1) is 16.6 Å². The summed E-state index contributed by atoms with van der Waals surface area (Å²) in [5, 5.41) is 7.11. The van der Waals surface area contributed by atoms with Crippen LogP contribution in [0.5, 0.6) is 0 Å². The van der Waals surface area contributed by atoms with Crippen molar-refractivity contribution in [2.75, 3.05) is 0 Å². The Kier molecular flexibility index (Phi) is 7.03. The summed E-state index contributed by atoms with van der Waals surface area (Å²) in [4.78, 5) is 15.0. The van der Waals surface area contributed by atoms with Gasteiger partial charge in [0.1, 0.15) is 11.2 Å². The molecule has 0 aliphatic rings. The second-order valence-electron chi connectivity index (χ2n) is 14.4. The minimum Gasteiger partial charge on any atom is -0.455 e. The third kappa shape index (κ3) is 5.04. The summed E-state index contributed by atoms with van der Waals surface area (Å²) < 4.78 is 11.8. The topological polar surface area (TPSA) is 56.7 Å². The summed E-state index contributed by atoms with van der Waals surface area (Å²) in [6.07, 6.45) is 0. The lowest BCUT2D eigenvalue weighted by atomic mass is 10.0. The van der Waals surface area contributed by atoms with Crippen molar-refractivity contribution in [1.29, 1.82) is 0 Å². The van der Waals surface area contributed by atoms with Gasteiger partial charge in [0, 0.05) is 64.1 Å². The second kappa shape index (κ2) is 12.6. The van der Waals surface area contributed by atoms with Crippen LogP contribution in [-0.4, -0.2) is 19.5 Å². The van der Waals surface area contributed by atoms with Crippen molar-refractivity contribution in [3.63, 3.8) is 0 Å². The summed E-state index contributed by atoms with van der Waals surface area (Å²) in [5.74, 6) is 1.81. The van der Waals surface area contributed by atoms with E-state index in [1.54, 1.807) is 0 Å². The maximum Gasteiger partial charge on any atom is 0.167 e. The average molecular weight is 747 g/mol. The molecule has 8 aromatic carbocycles. The standard InChI is InChI=1S/C51H30N4OS/c1-3-13-31(14-4-1)49-52-50(32-15-5-2-6-16-32)54-51(53-49)41-22-12-21-40-39-20-11-19-35(47(39)56-48(40)41)33-25-27-38-42-30-34(26-28-45(42)57-46(38)29-33)55-43-23-9-7-17-36(43)37-18-8-10-24-44(37)55/h1-30H. The van der Waals surface area contributed by atoms with Crippen LogP contribution in [0.3, 0.4) is 0 Å². The third-order valence-electron chi connectivity index (χ3n) is 11.1. The smallest absolute Gasteiger partial charge is 0.167 e. The summed E-state index contributed by atoms with van der Waals surface area (Å²) in [5.41, 5.74) is 10.0. The van der Waals surface area contributed by atoms with E-state index in [9.17, 15) is 0 Å². The van der Waals surface area contributed by atoms with Crippen LogP contribution in [-0.2, 0) is 0 Å². The number of furan rings is 1. The molecule has 0 fully saturated rings. The fourth-order valence-electron chi connectivity index (χ4n) is 8.43. The van der Waals surface area contributed by atoms with Crippen molar-refractivity contribution in [3.8, 4) is 51.0 Å². The second-order valence-corrected chi connectivity index (χ2v) is 15.5. The summed E-state index contributed by atoms with van der Waals surface area (Å²) in [7, 11) is 0. The van der Waals surface area contributed by atoms with Crippen LogP contribution in [0.15, 0.2) is 186 Å². The number of hydrogen-bond acceptors (Lipinski definition) is 5. The minimum atomic E-state index is 0.570. The van der Waals surface area contributed by atoms with Crippen LogP contribution in [0.1, 0.15) is 0 Å². The molecule has 0 saturated heterocycles. The number of fused-ring (bicyclic) bond motifs is 9. The summed E-state index contributed by atoms with van der Waals surface area (Å²) >= 11 is 1.83. The highest BCUT2D eigenvalue weighted by atomic mass is 32.1. The highest BCUT2D eigenvalue weighted by Gasteiger charge is 2.20. The number of para-hydroxylation sites is 4. The van der Waals surface area contributed by atoms with Gasteiger partial charge in [-0.1, -0.05) is 140 Å². The summed E-state index contributed by atoms with van der Waals surface area (Å²) in [6.45, 7) is 0. The molecule has 4 aromatic heterocycles. The Morgan fingerprint density at radius 2 is 0.930 bits per heavy atom. The van der Waals surface area contributed by atoms with E-state index < -0.39 is 0 Å². The predicted molar refractivity (Wildman–Crippen MR) is 236 cm³/mol. The first-order chi connectivity index (χ1) is 28.2. The maximum atomic E-state index is 6.91. The Hall–Kier alpha value is -7.41. The van der Waals surface area contributed by atoms with E-state index in [1.165, 1.54) is 42.0 Å². The van der Waals surface area contributed by atoms with Crippen LogP contribution in [0, 0.1) is 0 Å². The van der Waals surface area contributed by atoms with Crippen LogP contribution < -0.4 is 0 Å². The van der Waals surface area contributed by atoms with E-state index >= 15 is 0 Å². The molecule has 0 N–H and O–H groups in total. The van der Waals surface area contributed by atoms with Gasteiger partial charge in [-0.3, -0.25) is 0 Å². The van der Waals surface area contributed by atoms with Crippen molar-refractivity contribution < 1.29 is 4.42 Å². The van der Waals surface area contributed by atoms with Crippen LogP contribution in [0.25, 0.3) is 115 Å². The lowest BCUT2D eigenvalue weighted by Crippen LogP contribution is -2.00. The third-order valence-corrected chi connectivity index (χ3v) is 12.2. The molecule has 0 aliphatic carbocycles. The molecule has 0 saturated carbocycles. The summed E-state index contributed by atoms with van der Waals surface area (Å²) in [6, 6.07) is 63.8. The van der Waals surface area contributed by atoms with Gasteiger partial charge in [0.2, 0.25) is 0 Å². The zero-order valence-corrected chi connectivity index (χ0v) is 31.2. The zero-order valence-electron chi connectivity index (χ0n) is 30.4. The fraction of sp³-hybridized carbons (Fsp3) is 0. The Morgan fingerprint density at radius 1 is 0.368 bits per heavy atom. The number of nitrogens with zero attached hydrogens (tertiary/aromatic N) is 4. The first kappa shape index (κ1) is 31.9. The molecule has 0 spiro atoms. The van der Waals surface area contributed by atoms with Gasteiger partial charge in [-0.15, -0.1) is 11.3 Å². The molecule has 0 atom stereocenters. The Morgan fingerprint density at radius 3 is 1.60 bits per heavy atom. The van der Waals surface area contributed by atoms with Crippen molar-refractivity contribution in [2.45, 2.75) is 0 Å². The number of hydrogen-bond donors (Lipinski definition) is 0. The van der Waals surface area contributed by atoms with E-state index in [-0.39, 0.29) is 0 Å². The van der Waals surface area contributed by atoms with E-state index in [0.717, 1.165) is 55.4 Å². The van der Waals surface area contributed by atoms with Gasteiger partial charge in [-0.25, -0.2) is 15.0 Å². The van der Waals surface area contributed by atoms with E-state index in [1.807, 2.05) is 78.1 Å². The van der Waals surface area contributed by atoms with Gasteiger partial charge in [0.25, 0.3) is 0 Å². The van der Waals surface area contributed by atoms with Gasteiger partial charge in [-0.2, -0.15) is 0 Å². The van der Waals surface area contributed by atoms with Crippen molar-refractivity contribution in [2.24, 2.45) is 0 Å². The maximum absolute atomic E-state index is 6.91. The van der Waals surface area contributed by atoms with Gasteiger partial charge in [-0.05, 0) is 48.0 Å². The first-order valence-electron chi connectivity index (χ1n) is 19.0. The van der Waals surface area contributed by atoms with Gasteiger partial charge >= 0.3 is 0 Å². The molecule has 0 amide bonds. The molecular formula is C51H30N4OS. The lowest BCUT2D eigenvalue weighted by Gasteiger charge is -2.08. The highest BCUT2D eigenvalue weighted by Crippen LogP contribution is 2.43. The molecular weight excluding hydrogens is 717 g/mol. The molecule has 0 radical (unpaired) electrons. The molecule has 266 valence electrons. The molecule has 0 unspecified atom stereocenters. The number of rotatable bonds is 5. The number of benzene rings is 8. The van der Waals surface area contributed by atoms with Crippen LogP contribution in [0.2, 0.25) is 0 Å². The van der Waals surface area contributed by atoms with Gasteiger partial charge in [0.15, 0.2) is 17.5 Å². The molecule has 6 heteroatoms. The number of aromatic nitrogens is 4. The molecule has 4 heterocycles. The average Bonchev–Trinajstić information content (AvgIpc) is 3.96. The van der Waals surface area contributed by atoms with Crippen LogP contribution in [0.4, 0.5) is 0 Å². The van der Waals surface area contributed by atoms with Crippen molar-refractivity contribution in [3.05, 3.63) is 182 Å². The monoisotopic (exact) mass is 746 g/mol. The fourth-order valence-corrected chi connectivity index (χ4v) is 9.55. The largest absolute Gasteiger partial charge is 0.455 e. The number of thiophene rings is 1. The predicted octanol–water partition coefficient (Wildman–Crippen LogP) is 13.9. The van der Waals surface area contributed by atoms with E-state index in [4.69, 9.17) is 19.4 Å². The molecule has 5 nitrogen and oxygen atoms in total. The molecule has 0 aliphatic heterocycles. The van der Waals surface area contributed by atoms with Crippen LogP contribution >= 0.6 is 11.3 Å². The minimum absolute atomic E-state index is 0.570. The quantitative estimate of drug-likeness (QED) is 0.176. The zero-order chi connectivity index (χ0) is 37.5. The van der Waals surface area contributed by atoms with Crippen molar-refractivity contribution in [1.82, 2.24) is 19.5 Å². The van der Waals surface area contributed by atoms with Gasteiger partial charge < -0.3 is 8.98 Å². The first-order valence-corrected chi connectivity index (χ1v) is 19.8. The lowest BCUT2D eigenvalue weighted by molar-refractivity contribution is 0.670. The van der Waals surface area contributed by atoms with Crippen molar-refractivity contribution >= 4 is 75.3 Å². The van der Waals surface area contributed by atoms with E-state index in [0.29, 0.717) is 17.5 Å². The normalized spacial score (nSPS) is 11.9. The molecule has 0 bridgehead atoms. The molecule has 57 heavy (non-hydrogen) atoms. The van der Waals surface area contributed by atoms with E-state index in [2.05, 4.69) is 120 Å². The Bertz CT molecular complexity index is 3420.